The third kappa shape index (κ3) is 4.09. The van der Waals surface area contributed by atoms with E-state index in [1.54, 1.807) is 47.7 Å². The van der Waals surface area contributed by atoms with Gasteiger partial charge >= 0.3 is 0 Å². The maximum Gasteiger partial charge on any atom is 0.268 e. The molecule has 188 valence electrons. The van der Waals surface area contributed by atoms with Crippen molar-refractivity contribution in [3.63, 3.8) is 0 Å². The van der Waals surface area contributed by atoms with Crippen LogP contribution in [0.15, 0.2) is 59.2 Å². The summed E-state index contributed by atoms with van der Waals surface area (Å²) in [5.74, 6) is -0.103. The molecule has 2 aromatic heterocycles. The Balaban J connectivity index is 1.26. The van der Waals surface area contributed by atoms with Gasteiger partial charge in [0.05, 0.1) is 56.5 Å². The maximum atomic E-state index is 13.7. The van der Waals surface area contributed by atoms with Gasteiger partial charge in [0, 0.05) is 20.1 Å². The normalized spacial score (nSPS) is 17.5. The smallest absolute Gasteiger partial charge is 0.268 e. The van der Waals surface area contributed by atoms with E-state index in [0.717, 1.165) is 33.8 Å². The first-order valence-corrected chi connectivity index (χ1v) is 13.1. The Morgan fingerprint density at radius 1 is 1.16 bits per heavy atom. The van der Waals surface area contributed by atoms with Crippen LogP contribution in [0.2, 0.25) is 0 Å². The average molecular weight is 515 g/mol. The second kappa shape index (κ2) is 9.15. The van der Waals surface area contributed by atoms with E-state index in [2.05, 4.69) is 9.88 Å². The van der Waals surface area contributed by atoms with Gasteiger partial charge in [0.25, 0.3) is 11.8 Å². The number of aryl methyl sites for hydroxylation is 1. The number of anilines is 2. The van der Waals surface area contributed by atoms with Crippen molar-refractivity contribution in [3.8, 4) is 0 Å². The van der Waals surface area contributed by atoms with Crippen molar-refractivity contribution in [1.82, 2.24) is 9.88 Å². The Morgan fingerprint density at radius 3 is 2.84 bits per heavy atom. The van der Waals surface area contributed by atoms with Crippen molar-refractivity contribution in [2.24, 2.45) is 5.92 Å². The van der Waals surface area contributed by atoms with Crippen molar-refractivity contribution in [1.29, 1.82) is 0 Å². The van der Waals surface area contributed by atoms with Crippen molar-refractivity contribution >= 4 is 50.6 Å². The third-order valence-electron chi connectivity index (χ3n) is 7.09. The van der Waals surface area contributed by atoms with Gasteiger partial charge in [-0.2, -0.15) is 0 Å². The molecule has 0 unspecified atom stereocenters. The number of rotatable bonds is 5. The molecule has 0 saturated carbocycles. The third-order valence-corrected chi connectivity index (χ3v) is 8.04. The predicted octanol–water partition coefficient (Wildman–Crippen LogP) is 4.87. The Bertz CT molecular complexity index is 1530. The first-order chi connectivity index (χ1) is 17.9. The summed E-state index contributed by atoms with van der Waals surface area (Å²) >= 11 is 1.58. The van der Waals surface area contributed by atoms with Crippen LogP contribution in [-0.2, 0) is 11.3 Å². The molecule has 0 radical (unpaired) electrons. The van der Waals surface area contributed by atoms with Gasteiger partial charge in [-0.3, -0.25) is 14.4 Å². The summed E-state index contributed by atoms with van der Waals surface area (Å²) in [6.45, 7) is 3.55. The minimum absolute atomic E-state index is 0.0459. The predicted molar refractivity (Wildman–Crippen MR) is 142 cm³/mol. The number of piperidine rings is 1. The number of thiazole rings is 1. The van der Waals surface area contributed by atoms with Crippen LogP contribution >= 0.6 is 11.3 Å². The number of benzene rings is 2. The summed E-state index contributed by atoms with van der Waals surface area (Å²) < 4.78 is 6.41. The van der Waals surface area contributed by atoms with Gasteiger partial charge < -0.3 is 14.2 Å². The zero-order chi connectivity index (χ0) is 25.7. The van der Waals surface area contributed by atoms with Gasteiger partial charge in [-0.1, -0.05) is 6.07 Å². The highest BCUT2D eigenvalue weighted by molar-refractivity contribution is 7.18. The lowest BCUT2D eigenvalue weighted by molar-refractivity contribution is -0.135. The maximum absolute atomic E-state index is 13.7. The van der Waals surface area contributed by atoms with E-state index >= 15 is 0 Å². The molecule has 4 aromatic rings. The fraction of sp³-hybridized carbons (Fsp3) is 0.286. The highest BCUT2D eigenvalue weighted by Crippen LogP contribution is 2.37. The Morgan fingerprint density at radius 2 is 2.03 bits per heavy atom. The zero-order valence-corrected chi connectivity index (χ0v) is 21.5. The van der Waals surface area contributed by atoms with Crippen LogP contribution in [0.1, 0.15) is 44.3 Å². The quantitative estimate of drug-likeness (QED) is 0.353. The molecule has 0 spiro atoms. The molecule has 0 aliphatic carbocycles. The van der Waals surface area contributed by atoms with Gasteiger partial charge in [-0.25, -0.2) is 9.88 Å². The number of hydrogen-bond acceptors (Lipinski definition) is 7. The Kier molecular flexibility index (Phi) is 5.79. The lowest BCUT2D eigenvalue weighted by Crippen LogP contribution is -2.44. The second-order valence-corrected chi connectivity index (χ2v) is 10.8. The fourth-order valence-electron chi connectivity index (χ4n) is 5.36. The topological polar surface area (TPSA) is 87.0 Å². The number of carbonyl (C=O) groups excluding carboxylic acids is 3. The Labute approximate surface area is 218 Å². The van der Waals surface area contributed by atoms with Crippen molar-refractivity contribution in [3.05, 3.63) is 76.7 Å². The number of furan rings is 1. The molecule has 0 bridgehead atoms. The molecule has 2 aliphatic rings. The molecule has 1 saturated heterocycles. The van der Waals surface area contributed by atoms with E-state index in [1.165, 1.54) is 4.90 Å². The Hall–Kier alpha value is -3.98. The lowest BCUT2D eigenvalue weighted by atomic mass is 9.95. The van der Waals surface area contributed by atoms with E-state index in [-0.39, 0.29) is 23.6 Å². The van der Waals surface area contributed by atoms with Gasteiger partial charge in [0.1, 0.15) is 5.76 Å². The SMILES string of the molecule is Cc1nc2cc(N3C(=O)c4cccc(N5CCC[C@H](C(=O)N(C)Cc6ccco6)C5)c4C3=O)ccc2s1. The number of carbonyl (C=O) groups is 3. The fourth-order valence-corrected chi connectivity index (χ4v) is 6.17. The van der Waals surface area contributed by atoms with E-state index in [1.807, 2.05) is 37.3 Å². The molecule has 6 rings (SSSR count). The van der Waals surface area contributed by atoms with Crippen LogP contribution in [0.3, 0.4) is 0 Å². The summed E-state index contributed by atoms with van der Waals surface area (Å²) in [4.78, 5) is 49.8. The van der Waals surface area contributed by atoms with Crippen LogP contribution in [0.25, 0.3) is 10.2 Å². The highest BCUT2D eigenvalue weighted by Gasteiger charge is 2.40. The van der Waals surface area contributed by atoms with E-state index in [9.17, 15) is 14.4 Å². The molecule has 2 aromatic carbocycles. The molecule has 3 amide bonds. The van der Waals surface area contributed by atoms with E-state index in [0.29, 0.717) is 42.1 Å². The molecular weight excluding hydrogens is 488 g/mol. The lowest BCUT2D eigenvalue weighted by Gasteiger charge is -2.36. The molecule has 4 heterocycles. The van der Waals surface area contributed by atoms with Crippen LogP contribution in [0.5, 0.6) is 0 Å². The van der Waals surface area contributed by atoms with Crippen LogP contribution in [-0.4, -0.2) is 47.7 Å². The average Bonchev–Trinajstić information content (AvgIpc) is 3.61. The number of aromatic nitrogens is 1. The van der Waals surface area contributed by atoms with Crippen molar-refractivity contribution in [2.45, 2.75) is 26.3 Å². The van der Waals surface area contributed by atoms with Crippen LogP contribution < -0.4 is 9.80 Å². The summed E-state index contributed by atoms with van der Waals surface area (Å²) in [6, 6.07) is 14.5. The van der Waals surface area contributed by atoms with E-state index in [4.69, 9.17) is 4.42 Å². The van der Waals surface area contributed by atoms with Crippen LogP contribution in [0.4, 0.5) is 11.4 Å². The molecule has 0 N–H and O–H groups in total. The standard InChI is InChI=1S/C28H26N4O4S/c1-17-29-22-14-19(10-11-24(22)37-17)32-27(34)21-8-3-9-23(25(21)28(32)35)31-12-4-6-18(15-31)26(33)30(2)16-20-7-5-13-36-20/h3,5,7-11,13-14,18H,4,6,12,15-16H2,1-2H3/t18-/m0/s1. The molecule has 9 heteroatoms. The molecule has 8 nitrogen and oxygen atoms in total. The number of hydrogen-bond donors (Lipinski definition) is 0. The molecule has 1 atom stereocenters. The van der Waals surface area contributed by atoms with Crippen LogP contribution in [0, 0.1) is 12.8 Å². The number of imide groups is 1. The monoisotopic (exact) mass is 514 g/mol. The zero-order valence-electron chi connectivity index (χ0n) is 20.6. The number of nitrogens with zero attached hydrogens (tertiary/aromatic N) is 4. The number of amides is 3. The summed E-state index contributed by atoms with van der Waals surface area (Å²) in [5, 5.41) is 0.931. The van der Waals surface area contributed by atoms with E-state index < -0.39 is 0 Å². The van der Waals surface area contributed by atoms with Crippen molar-refractivity contribution < 1.29 is 18.8 Å². The minimum Gasteiger partial charge on any atom is -0.467 e. The first kappa shape index (κ1) is 23.4. The first-order valence-electron chi connectivity index (χ1n) is 12.3. The van der Waals surface area contributed by atoms with Gasteiger partial charge in [0.15, 0.2) is 0 Å². The number of fused-ring (bicyclic) bond motifs is 2. The summed E-state index contributed by atoms with van der Waals surface area (Å²) in [6.07, 6.45) is 3.20. The molecule has 1 fully saturated rings. The largest absolute Gasteiger partial charge is 0.467 e. The van der Waals surface area contributed by atoms with Gasteiger partial charge in [-0.15, -0.1) is 11.3 Å². The molecule has 37 heavy (non-hydrogen) atoms. The molecular formula is C28H26N4O4S. The minimum atomic E-state index is -0.342. The van der Waals surface area contributed by atoms with Gasteiger partial charge in [-0.05, 0) is 62.2 Å². The second-order valence-electron chi connectivity index (χ2n) is 9.59. The highest BCUT2D eigenvalue weighted by atomic mass is 32.1. The summed E-state index contributed by atoms with van der Waals surface area (Å²) in [7, 11) is 1.78. The van der Waals surface area contributed by atoms with Crippen molar-refractivity contribution in [2.75, 3.05) is 29.9 Å². The van der Waals surface area contributed by atoms with Gasteiger partial charge in [0.2, 0.25) is 5.91 Å². The summed E-state index contributed by atoms with van der Waals surface area (Å²) in [5.41, 5.74) is 2.78. The molecule has 2 aliphatic heterocycles.